The van der Waals surface area contributed by atoms with E-state index in [1.807, 2.05) is 33.6 Å². The SMILES string of the molecule is CC1CCCN(C(=O)CSc2n[nH]c3nc4ccccc4n23)C1. The molecule has 1 saturated heterocycles. The third-order valence-corrected chi connectivity index (χ3v) is 5.26. The number of nitrogens with zero attached hydrogens (tertiary/aromatic N) is 4. The van der Waals surface area contributed by atoms with Crippen molar-refractivity contribution in [3.63, 3.8) is 0 Å². The van der Waals surface area contributed by atoms with Crippen LogP contribution in [0.25, 0.3) is 16.8 Å². The van der Waals surface area contributed by atoms with E-state index in [1.165, 1.54) is 18.2 Å². The number of para-hydroxylation sites is 2. The van der Waals surface area contributed by atoms with Gasteiger partial charge in [0.15, 0.2) is 5.16 Å². The second-order valence-corrected chi connectivity index (χ2v) is 7.08. The Morgan fingerprint density at radius 1 is 1.43 bits per heavy atom. The summed E-state index contributed by atoms with van der Waals surface area (Å²) in [6.07, 6.45) is 2.33. The van der Waals surface area contributed by atoms with Crippen molar-refractivity contribution in [3.8, 4) is 0 Å². The van der Waals surface area contributed by atoms with Crippen LogP contribution in [0.5, 0.6) is 0 Å². The highest BCUT2D eigenvalue weighted by Crippen LogP contribution is 2.24. The number of thioether (sulfide) groups is 1. The minimum absolute atomic E-state index is 0.196. The van der Waals surface area contributed by atoms with Crippen LogP contribution in [-0.2, 0) is 4.79 Å². The van der Waals surface area contributed by atoms with E-state index >= 15 is 0 Å². The van der Waals surface area contributed by atoms with Gasteiger partial charge in [-0.1, -0.05) is 30.8 Å². The molecule has 1 unspecified atom stereocenters. The van der Waals surface area contributed by atoms with Gasteiger partial charge in [-0.25, -0.2) is 10.1 Å². The summed E-state index contributed by atoms with van der Waals surface area (Å²) >= 11 is 1.47. The van der Waals surface area contributed by atoms with Gasteiger partial charge in [0.05, 0.1) is 16.8 Å². The average molecular weight is 329 g/mol. The summed E-state index contributed by atoms with van der Waals surface area (Å²) in [5, 5.41) is 8.03. The molecule has 0 aliphatic carbocycles. The van der Waals surface area contributed by atoms with Crippen LogP contribution in [0.15, 0.2) is 29.4 Å². The molecule has 1 aromatic carbocycles. The molecule has 7 heteroatoms. The van der Waals surface area contributed by atoms with Crippen molar-refractivity contribution in [1.82, 2.24) is 24.5 Å². The Kier molecular flexibility index (Phi) is 3.72. The van der Waals surface area contributed by atoms with Gasteiger partial charge in [-0.3, -0.25) is 9.20 Å². The number of H-pyrrole nitrogens is 1. The van der Waals surface area contributed by atoms with Crippen molar-refractivity contribution < 1.29 is 4.79 Å². The van der Waals surface area contributed by atoms with E-state index in [-0.39, 0.29) is 5.91 Å². The summed E-state index contributed by atoms with van der Waals surface area (Å²) in [6, 6.07) is 7.95. The summed E-state index contributed by atoms with van der Waals surface area (Å²) in [6.45, 7) is 3.97. The number of carbonyl (C=O) groups is 1. The second kappa shape index (κ2) is 5.88. The van der Waals surface area contributed by atoms with E-state index < -0.39 is 0 Å². The van der Waals surface area contributed by atoms with E-state index in [0.29, 0.717) is 17.4 Å². The Bertz CT molecular complexity index is 855. The number of aromatic amines is 1. The first kappa shape index (κ1) is 14.6. The van der Waals surface area contributed by atoms with Crippen molar-refractivity contribution >= 4 is 34.5 Å². The standard InChI is InChI=1S/C16H19N5OS/c1-11-5-4-8-20(9-11)14(22)10-23-16-19-18-15-17-12-6-2-3-7-13(12)21(15)16/h2-3,6-7,11H,4-5,8-10H2,1H3,(H,17,18). The Hall–Kier alpha value is -2.02. The molecule has 2 aromatic heterocycles. The fourth-order valence-electron chi connectivity index (χ4n) is 3.17. The lowest BCUT2D eigenvalue weighted by Gasteiger charge is -2.30. The first-order valence-corrected chi connectivity index (χ1v) is 8.93. The zero-order valence-electron chi connectivity index (χ0n) is 13.0. The van der Waals surface area contributed by atoms with Crippen LogP contribution >= 0.6 is 11.8 Å². The van der Waals surface area contributed by atoms with Crippen molar-refractivity contribution in [2.45, 2.75) is 24.9 Å². The molecule has 4 rings (SSSR count). The monoisotopic (exact) mass is 329 g/mol. The lowest BCUT2D eigenvalue weighted by atomic mass is 10.0. The van der Waals surface area contributed by atoms with Crippen LogP contribution in [0.4, 0.5) is 0 Å². The van der Waals surface area contributed by atoms with Crippen LogP contribution in [0, 0.1) is 5.92 Å². The molecule has 3 aromatic rings. The molecule has 1 aliphatic rings. The highest BCUT2D eigenvalue weighted by atomic mass is 32.2. The number of imidazole rings is 1. The number of likely N-dealkylation sites (tertiary alicyclic amines) is 1. The molecule has 23 heavy (non-hydrogen) atoms. The van der Waals surface area contributed by atoms with Gasteiger partial charge in [0.1, 0.15) is 0 Å². The number of rotatable bonds is 3. The van der Waals surface area contributed by atoms with Gasteiger partial charge in [0, 0.05) is 13.1 Å². The maximum atomic E-state index is 12.4. The molecule has 1 amide bonds. The zero-order valence-corrected chi connectivity index (χ0v) is 13.8. The van der Waals surface area contributed by atoms with Crippen LogP contribution in [0.3, 0.4) is 0 Å². The topological polar surface area (TPSA) is 66.3 Å². The Morgan fingerprint density at radius 3 is 3.17 bits per heavy atom. The van der Waals surface area contributed by atoms with E-state index in [9.17, 15) is 4.79 Å². The normalized spacial score (nSPS) is 18.8. The highest BCUT2D eigenvalue weighted by molar-refractivity contribution is 7.99. The highest BCUT2D eigenvalue weighted by Gasteiger charge is 2.21. The van der Waals surface area contributed by atoms with Crippen molar-refractivity contribution in [2.75, 3.05) is 18.8 Å². The van der Waals surface area contributed by atoms with E-state index in [1.54, 1.807) is 0 Å². The minimum Gasteiger partial charge on any atom is -0.342 e. The summed E-state index contributed by atoms with van der Waals surface area (Å²) in [5.41, 5.74) is 1.94. The third-order valence-electron chi connectivity index (χ3n) is 4.34. The van der Waals surface area contributed by atoms with Gasteiger partial charge in [-0.2, -0.15) is 0 Å². The number of nitrogens with one attached hydrogen (secondary N) is 1. The van der Waals surface area contributed by atoms with E-state index in [2.05, 4.69) is 22.1 Å². The molecule has 120 valence electrons. The summed E-state index contributed by atoms with van der Waals surface area (Å²) in [7, 11) is 0. The first-order chi connectivity index (χ1) is 11.2. The summed E-state index contributed by atoms with van der Waals surface area (Å²) in [5.74, 6) is 1.93. The van der Waals surface area contributed by atoms with Crippen LogP contribution in [0.2, 0.25) is 0 Å². The maximum Gasteiger partial charge on any atom is 0.233 e. The number of piperidine rings is 1. The molecule has 0 saturated carbocycles. The minimum atomic E-state index is 0.196. The number of benzene rings is 1. The number of hydrogen-bond donors (Lipinski definition) is 1. The molecule has 1 N–H and O–H groups in total. The number of hydrogen-bond acceptors (Lipinski definition) is 4. The predicted molar refractivity (Wildman–Crippen MR) is 90.5 cm³/mol. The van der Waals surface area contributed by atoms with Crippen molar-refractivity contribution in [3.05, 3.63) is 24.3 Å². The van der Waals surface area contributed by atoms with Crippen molar-refractivity contribution in [1.29, 1.82) is 0 Å². The fraction of sp³-hybridized carbons (Fsp3) is 0.438. The van der Waals surface area contributed by atoms with Crippen LogP contribution in [-0.4, -0.2) is 49.2 Å². The molecule has 0 radical (unpaired) electrons. The Labute approximate surface area is 138 Å². The Morgan fingerprint density at radius 2 is 2.30 bits per heavy atom. The fourth-order valence-corrected chi connectivity index (χ4v) is 4.03. The van der Waals surface area contributed by atoms with Crippen LogP contribution < -0.4 is 0 Å². The number of carbonyl (C=O) groups excluding carboxylic acids is 1. The smallest absolute Gasteiger partial charge is 0.233 e. The Balaban J connectivity index is 1.53. The van der Waals surface area contributed by atoms with Gasteiger partial charge >= 0.3 is 0 Å². The molecular formula is C16H19N5OS. The van der Waals surface area contributed by atoms with Gasteiger partial charge < -0.3 is 4.90 Å². The lowest BCUT2D eigenvalue weighted by molar-refractivity contribution is -0.130. The number of aromatic nitrogens is 4. The molecule has 1 atom stereocenters. The van der Waals surface area contributed by atoms with Gasteiger partial charge in [0.2, 0.25) is 11.7 Å². The summed E-state index contributed by atoms with van der Waals surface area (Å²) < 4.78 is 1.98. The second-order valence-electron chi connectivity index (χ2n) is 6.14. The molecule has 0 spiro atoms. The van der Waals surface area contributed by atoms with Gasteiger partial charge in [-0.05, 0) is 30.9 Å². The average Bonchev–Trinajstić information content (AvgIpc) is 3.11. The summed E-state index contributed by atoms with van der Waals surface area (Å²) in [4.78, 5) is 18.9. The van der Waals surface area contributed by atoms with Crippen molar-refractivity contribution in [2.24, 2.45) is 5.92 Å². The third kappa shape index (κ3) is 2.69. The molecule has 1 fully saturated rings. The molecule has 3 heterocycles. The maximum absolute atomic E-state index is 12.4. The molecule has 6 nitrogen and oxygen atoms in total. The number of amides is 1. The first-order valence-electron chi connectivity index (χ1n) is 7.94. The van der Waals surface area contributed by atoms with Crippen LogP contribution in [0.1, 0.15) is 19.8 Å². The quantitative estimate of drug-likeness (QED) is 0.750. The molecule has 0 bridgehead atoms. The largest absolute Gasteiger partial charge is 0.342 e. The predicted octanol–water partition coefficient (Wildman–Crippen LogP) is 2.56. The van der Waals surface area contributed by atoms with E-state index in [4.69, 9.17) is 0 Å². The van der Waals surface area contributed by atoms with Gasteiger partial charge in [0.25, 0.3) is 0 Å². The lowest BCUT2D eigenvalue weighted by Crippen LogP contribution is -2.40. The van der Waals surface area contributed by atoms with E-state index in [0.717, 1.165) is 35.7 Å². The van der Waals surface area contributed by atoms with Gasteiger partial charge in [-0.15, -0.1) is 5.10 Å². The molecule has 1 aliphatic heterocycles. The number of fused-ring (bicyclic) bond motifs is 3. The molecular weight excluding hydrogens is 310 g/mol. The zero-order chi connectivity index (χ0) is 15.8.